The highest BCUT2D eigenvalue weighted by Gasteiger charge is 2.19. The van der Waals surface area contributed by atoms with E-state index in [1.807, 2.05) is 12.1 Å². The summed E-state index contributed by atoms with van der Waals surface area (Å²) in [5, 5.41) is 12.4. The van der Waals surface area contributed by atoms with E-state index in [9.17, 15) is 0 Å². The minimum Gasteiger partial charge on any atom is -0.456 e. The molecule has 1 aromatic heterocycles. The molecule has 13 rings (SSSR count). The molecular formula is C64H41NO. The van der Waals surface area contributed by atoms with Crippen LogP contribution in [0.1, 0.15) is 0 Å². The highest BCUT2D eigenvalue weighted by molar-refractivity contribution is 6.14. The van der Waals surface area contributed by atoms with Crippen molar-refractivity contribution >= 4 is 82.1 Å². The van der Waals surface area contributed by atoms with Crippen molar-refractivity contribution in [3.8, 4) is 44.5 Å². The quantitative estimate of drug-likeness (QED) is 0.149. The average Bonchev–Trinajstić information content (AvgIpc) is 3.78. The second kappa shape index (κ2) is 15.5. The Balaban J connectivity index is 0.897. The van der Waals surface area contributed by atoms with Gasteiger partial charge in [0.1, 0.15) is 11.2 Å². The molecular weight excluding hydrogens is 799 g/mol. The Hall–Kier alpha value is -8.72. The van der Waals surface area contributed by atoms with Crippen LogP contribution in [-0.4, -0.2) is 0 Å². The molecule has 0 bridgehead atoms. The Bertz CT molecular complexity index is 3970. The molecule has 0 saturated carbocycles. The molecule has 66 heavy (non-hydrogen) atoms. The first-order valence-corrected chi connectivity index (χ1v) is 22.7. The Kier molecular flexibility index (Phi) is 8.89. The summed E-state index contributed by atoms with van der Waals surface area (Å²) in [7, 11) is 0. The fraction of sp³-hybridized carbons (Fsp3) is 0. The van der Waals surface area contributed by atoms with Crippen LogP contribution < -0.4 is 4.90 Å². The fourth-order valence-corrected chi connectivity index (χ4v) is 10.3. The Labute approximate surface area is 382 Å². The van der Waals surface area contributed by atoms with Crippen LogP contribution in [0.5, 0.6) is 0 Å². The van der Waals surface area contributed by atoms with Crippen LogP contribution in [0, 0.1) is 0 Å². The van der Waals surface area contributed by atoms with Crippen molar-refractivity contribution in [2.24, 2.45) is 0 Å². The number of anilines is 3. The van der Waals surface area contributed by atoms with Crippen molar-refractivity contribution in [1.82, 2.24) is 0 Å². The van der Waals surface area contributed by atoms with Gasteiger partial charge in [0.05, 0.1) is 5.69 Å². The van der Waals surface area contributed by atoms with Crippen LogP contribution in [0.2, 0.25) is 0 Å². The van der Waals surface area contributed by atoms with Gasteiger partial charge < -0.3 is 9.32 Å². The Morgan fingerprint density at radius 1 is 0.258 bits per heavy atom. The summed E-state index contributed by atoms with van der Waals surface area (Å²) in [6, 6.07) is 90.3. The standard InChI is InChI=1S/C64H41NO/c1-3-13-52-44(11-1)27-28-48-41-49(34-39-55(48)52)56-15-5-7-20-61(56)65(51-37-31-47(32-38-51)57-18-10-22-63-64(57)60-16-6-8-21-62(60)66-63)50-35-29-43(30-36-50)42-23-25-46(26-24-42)54-17-9-19-58-53-14-4-2-12-45(53)33-40-59(54)58/h1-41H. The number of furan rings is 1. The maximum absolute atomic E-state index is 6.28. The van der Waals surface area contributed by atoms with E-state index in [4.69, 9.17) is 4.42 Å². The van der Waals surface area contributed by atoms with E-state index in [-0.39, 0.29) is 0 Å². The maximum atomic E-state index is 6.28. The van der Waals surface area contributed by atoms with Crippen LogP contribution in [0.3, 0.4) is 0 Å². The van der Waals surface area contributed by atoms with Gasteiger partial charge in [-0.2, -0.15) is 0 Å². The third kappa shape index (κ3) is 6.34. The third-order valence-electron chi connectivity index (χ3n) is 13.5. The van der Waals surface area contributed by atoms with Crippen LogP contribution in [0.15, 0.2) is 253 Å². The van der Waals surface area contributed by atoms with Crippen LogP contribution in [-0.2, 0) is 0 Å². The van der Waals surface area contributed by atoms with E-state index in [1.165, 1.54) is 70.9 Å². The summed E-state index contributed by atoms with van der Waals surface area (Å²) >= 11 is 0. The second-order valence-corrected chi connectivity index (χ2v) is 17.2. The summed E-state index contributed by atoms with van der Waals surface area (Å²) in [5.74, 6) is 0. The Morgan fingerprint density at radius 2 is 0.727 bits per heavy atom. The van der Waals surface area contributed by atoms with Gasteiger partial charge in [-0.1, -0.05) is 200 Å². The van der Waals surface area contributed by atoms with Crippen LogP contribution in [0.25, 0.3) is 110 Å². The number of para-hydroxylation sites is 2. The van der Waals surface area contributed by atoms with Crippen molar-refractivity contribution in [3.63, 3.8) is 0 Å². The zero-order chi connectivity index (χ0) is 43.6. The maximum Gasteiger partial charge on any atom is 0.136 e. The topological polar surface area (TPSA) is 16.4 Å². The number of hydrogen-bond acceptors (Lipinski definition) is 2. The molecule has 0 saturated heterocycles. The zero-order valence-electron chi connectivity index (χ0n) is 36.0. The average molecular weight is 840 g/mol. The van der Waals surface area contributed by atoms with Crippen LogP contribution in [0.4, 0.5) is 17.1 Å². The number of rotatable bonds is 7. The first kappa shape index (κ1) is 37.8. The molecule has 1 heterocycles. The lowest BCUT2D eigenvalue weighted by atomic mass is 9.93. The van der Waals surface area contributed by atoms with Crippen molar-refractivity contribution < 1.29 is 4.42 Å². The van der Waals surface area contributed by atoms with Gasteiger partial charge in [0, 0.05) is 27.7 Å². The molecule has 12 aromatic carbocycles. The van der Waals surface area contributed by atoms with E-state index >= 15 is 0 Å². The monoisotopic (exact) mass is 839 g/mol. The second-order valence-electron chi connectivity index (χ2n) is 17.2. The van der Waals surface area contributed by atoms with Crippen molar-refractivity contribution in [2.75, 3.05) is 4.90 Å². The van der Waals surface area contributed by atoms with E-state index in [0.29, 0.717) is 0 Å². The zero-order valence-corrected chi connectivity index (χ0v) is 36.0. The largest absolute Gasteiger partial charge is 0.456 e. The fourth-order valence-electron chi connectivity index (χ4n) is 10.3. The van der Waals surface area contributed by atoms with Crippen molar-refractivity contribution in [1.29, 1.82) is 0 Å². The molecule has 0 aliphatic carbocycles. The van der Waals surface area contributed by atoms with E-state index in [2.05, 4.69) is 241 Å². The molecule has 308 valence electrons. The summed E-state index contributed by atoms with van der Waals surface area (Å²) in [6.45, 7) is 0. The van der Waals surface area contributed by atoms with Crippen molar-refractivity contribution in [2.45, 2.75) is 0 Å². The lowest BCUT2D eigenvalue weighted by molar-refractivity contribution is 0.669. The van der Waals surface area contributed by atoms with Gasteiger partial charge >= 0.3 is 0 Å². The summed E-state index contributed by atoms with van der Waals surface area (Å²) in [4.78, 5) is 2.40. The number of nitrogens with zero attached hydrogens (tertiary/aromatic N) is 1. The van der Waals surface area contributed by atoms with Crippen molar-refractivity contribution in [3.05, 3.63) is 249 Å². The summed E-state index contributed by atoms with van der Waals surface area (Å²) in [6.07, 6.45) is 0. The lowest BCUT2D eigenvalue weighted by Crippen LogP contribution is -2.11. The van der Waals surface area contributed by atoms with Gasteiger partial charge in [-0.25, -0.2) is 0 Å². The molecule has 2 nitrogen and oxygen atoms in total. The molecule has 0 aliphatic heterocycles. The van der Waals surface area contributed by atoms with Gasteiger partial charge in [-0.3, -0.25) is 0 Å². The molecule has 13 aromatic rings. The SMILES string of the molecule is c1ccc(N(c2ccc(-c3ccc(-c4cccc5c4ccc4ccccc45)cc3)cc2)c2ccc(-c3cccc4oc5ccccc5c34)cc2)c(-c2ccc3c(ccc4ccccc43)c2)c1. The highest BCUT2D eigenvalue weighted by Crippen LogP contribution is 2.44. The molecule has 0 N–H and O–H groups in total. The smallest absolute Gasteiger partial charge is 0.136 e. The minimum atomic E-state index is 0.897. The predicted octanol–water partition coefficient (Wildman–Crippen LogP) is 18.3. The van der Waals surface area contributed by atoms with Crippen LogP contribution >= 0.6 is 0 Å². The molecule has 0 amide bonds. The molecule has 0 unspecified atom stereocenters. The molecule has 0 fully saturated rings. The number of benzene rings is 12. The van der Waals surface area contributed by atoms with E-state index < -0.39 is 0 Å². The summed E-state index contributed by atoms with van der Waals surface area (Å²) in [5.41, 5.74) is 14.5. The first-order valence-electron chi connectivity index (χ1n) is 22.7. The van der Waals surface area contributed by atoms with Gasteiger partial charge in [-0.05, 0) is 131 Å². The Morgan fingerprint density at radius 3 is 1.50 bits per heavy atom. The van der Waals surface area contributed by atoms with Gasteiger partial charge in [0.2, 0.25) is 0 Å². The predicted molar refractivity (Wildman–Crippen MR) is 280 cm³/mol. The number of hydrogen-bond donors (Lipinski definition) is 0. The van der Waals surface area contributed by atoms with Gasteiger partial charge in [0.15, 0.2) is 0 Å². The van der Waals surface area contributed by atoms with Gasteiger partial charge in [0.25, 0.3) is 0 Å². The molecule has 0 spiro atoms. The number of fused-ring (bicyclic) bond motifs is 9. The minimum absolute atomic E-state index is 0.897. The van der Waals surface area contributed by atoms with E-state index in [0.717, 1.165) is 55.7 Å². The summed E-state index contributed by atoms with van der Waals surface area (Å²) < 4.78 is 6.28. The van der Waals surface area contributed by atoms with E-state index in [1.54, 1.807) is 0 Å². The van der Waals surface area contributed by atoms with Gasteiger partial charge in [-0.15, -0.1) is 0 Å². The third-order valence-corrected chi connectivity index (χ3v) is 13.5. The molecule has 0 atom stereocenters. The normalized spacial score (nSPS) is 11.6. The molecule has 0 radical (unpaired) electrons. The highest BCUT2D eigenvalue weighted by atomic mass is 16.3. The lowest BCUT2D eigenvalue weighted by Gasteiger charge is -2.28. The molecule has 2 heteroatoms. The molecule has 0 aliphatic rings. The first-order chi connectivity index (χ1) is 32.7.